The normalized spacial score (nSPS) is 19.6. The minimum Gasteiger partial charge on any atom is -0.163 e. The van der Waals surface area contributed by atoms with Crippen LogP contribution in [-0.2, 0) is 0 Å². The quantitative estimate of drug-likeness (QED) is 0.662. The topological polar surface area (TPSA) is 0 Å². The van der Waals surface area contributed by atoms with Crippen molar-refractivity contribution in [3.8, 4) is 11.1 Å². The van der Waals surface area contributed by atoms with Crippen molar-refractivity contribution >= 4 is 30.2 Å². The first-order valence-electron chi connectivity index (χ1n) is 6.69. The first kappa shape index (κ1) is 10.9. The fourth-order valence-corrected chi connectivity index (χ4v) is 11.7. The molecule has 0 unspecified atom stereocenters. The van der Waals surface area contributed by atoms with E-state index in [2.05, 4.69) is 60.3 Å². The van der Waals surface area contributed by atoms with Gasteiger partial charge in [-0.05, 0) is 45.1 Å². The zero-order chi connectivity index (χ0) is 12.0. The van der Waals surface area contributed by atoms with E-state index < -0.39 is 8.07 Å². The molecule has 90 valence electrons. The van der Waals surface area contributed by atoms with Crippen LogP contribution in [0.25, 0.3) is 11.1 Å². The molecule has 2 heterocycles. The number of rotatable bonds is 0. The van der Waals surface area contributed by atoms with Crippen LogP contribution in [0.4, 0.5) is 0 Å². The van der Waals surface area contributed by atoms with Crippen LogP contribution in [0.3, 0.4) is 0 Å². The van der Waals surface area contributed by atoms with Crippen LogP contribution in [0.5, 0.6) is 0 Å². The molecule has 4 rings (SSSR count). The van der Waals surface area contributed by atoms with Crippen LogP contribution in [0, 0.1) is 0 Å². The van der Waals surface area contributed by atoms with Crippen LogP contribution < -0.4 is 10.4 Å². The number of benzene rings is 2. The van der Waals surface area contributed by atoms with Crippen molar-refractivity contribution in [2.45, 2.75) is 12.1 Å². The van der Waals surface area contributed by atoms with Gasteiger partial charge in [0.2, 0.25) is 0 Å². The second-order valence-corrected chi connectivity index (χ2v) is 10.8. The van der Waals surface area contributed by atoms with Crippen molar-refractivity contribution in [2.75, 3.05) is 11.5 Å². The van der Waals surface area contributed by atoms with Gasteiger partial charge in [0.15, 0.2) is 0 Å². The first-order valence-corrected chi connectivity index (χ1v) is 10.3. The minimum absolute atomic E-state index is 1.36. The van der Waals surface area contributed by atoms with Gasteiger partial charge in [0.05, 0.1) is 0 Å². The van der Waals surface area contributed by atoms with E-state index in [-0.39, 0.29) is 0 Å². The van der Waals surface area contributed by atoms with Crippen LogP contribution in [0.2, 0.25) is 12.1 Å². The molecule has 0 radical (unpaired) electrons. The summed E-state index contributed by atoms with van der Waals surface area (Å²) >= 11 is 2.14. The maximum atomic E-state index is 2.41. The summed E-state index contributed by atoms with van der Waals surface area (Å²) in [6.45, 7) is 0. The summed E-state index contributed by atoms with van der Waals surface area (Å²) in [6.07, 6.45) is 0. The Bertz CT molecular complexity index is 552. The molecular weight excluding hydrogens is 252 g/mol. The lowest BCUT2D eigenvalue weighted by atomic mass is 10.1. The van der Waals surface area contributed by atoms with Gasteiger partial charge in [0, 0.05) is 0 Å². The van der Waals surface area contributed by atoms with E-state index in [4.69, 9.17) is 0 Å². The molecule has 1 fully saturated rings. The third-order valence-electron chi connectivity index (χ3n) is 4.52. The largest absolute Gasteiger partial charge is 0.163 e. The molecule has 2 aliphatic rings. The predicted octanol–water partition coefficient (Wildman–Crippen LogP) is 2.98. The number of fused-ring (bicyclic) bond motifs is 5. The number of hydrogen-bond acceptors (Lipinski definition) is 1. The summed E-state index contributed by atoms with van der Waals surface area (Å²) in [5.74, 6) is 2.71. The van der Waals surface area contributed by atoms with E-state index in [1.54, 1.807) is 10.4 Å². The van der Waals surface area contributed by atoms with Gasteiger partial charge in [0.25, 0.3) is 0 Å². The highest BCUT2D eigenvalue weighted by atomic mass is 32.2. The van der Waals surface area contributed by atoms with Gasteiger partial charge in [-0.1, -0.05) is 48.5 Å². The fourth-order valence-electron chi connectivity index (χ4n) is 3.67. The summed E-state index contributed by atoms with van der Waals surface area (Å²) in [7, 11) is -1.38. The summed E-state index contributed by atoms with van der Waals surface area (Å²) < 4.78 is 0. The van der Waals surface area contributed by atoms with Crippen molar-refractivity contribution in [1.29, 1.82) is 0 Å². The molecule has 0 aliphatic carbocycles. The van der Waals surface area contributed by atoms with E-state index in [0.29, 0.717) is 0 Å². The molecule has 0 N–H and O–H groups in total. The molecule has 0 bridgehead atoms. The fraction of sp³-hybridized carbons (Fsp3) is 0.250. The highest BCUT2D eigenvalue weighted by Crippen LogP contribution is 2.36. The SMILES string of the molecule is c1ccc2c(c1)-c1ccccc1[Si]21CCSCC1. The molecule has 0 atom stereocenters. The Balaban J connectivity index is 2.03. The van der Waals surface area contributed by atoms with E-state index in [1.807, 2.05) is 0 Å². The lowest BCUT2D eigenvalue weighted by Crippen LogP contribution is -2.57. The molecule has 2 aliphatic heterocycles. The van der Waals surface area contributed by atoms with Gasteiger partial charge < -0.3 is 0 Å². The maximum Gasteiger partial charge on any atom is 0.121 e. The molecular formula is C16H16SSi. The van der Waals surface area contributed by atoms with Crippen LogP contribution in [0.1, 0.15) is 0 Å². The van der Waals surface area contributed by atoms with Crippen molar-refractivity contribution < 1.29 is 0 Å². The summed E-state index contributed by atoms with van der Waals surface area (Å²) in [6, 6.07) is 21.2. The number of hydrogen-bond donors (Lipinski definition) is 0. The molecule has 2 aromatic rings. The minimum atomic E-state index is -1.38. The van der Waals surface area contributed by atoms with Crippen LogP contribution in [-0.4, -0.2) is 19.6 Å². The Hall–Kier alpha value is -0.993. The Kier molecular flexibility index (Phi) is 2.42. The van der Waals surface area contributed by atoms with Crippen molar-refractivity contribution in [1.82, 2.24) is 0 Å². The van der Waals surface area contributed by atoms with E-state index >= 15 is 0 Å². The molecule has 0 nitrogen and oxygen atoms in total. The molecule has 0 aromatic heterocycles. The van der Waals surface area contributed by atoms with Gasteiger partial charge >= 0.3 is 0 Å². The predicted molar refractivity (Wildman–Crippen MR) is 83.8 cm³/mol. The number of thioether (sulfide) groups is 1. The van der Waals surface area contributed by atoms with Crippen molar-refractivity contribution in [3.63, 3.8) is 0 Å². The Morgan fingerprint density at radius 2 is 1.22 bits per heavy atom. The average molecular weight is 268 g/mol. The molecule has 0 amide bonds. The second-order valence-electron chi connectivity index (χ2n) is 5.29. The van der Waals surface area contributed by atoms with Gasteiger partial charge in [-0.3, -0.25) is 0 Å². The Morgan fingerprint density at radius 3 is 1.78 bits per heavy atom. The lowest BCUT2D eigenvalue weighted by Gasteiger charge is -2.33. The van der Waals surface area contributed by atoms with Crippen LogP contribution >= 0.6 is 11.8 Å². The third-order valence-corrected chi connectivity index (χ3v) is 11.4. The monoisotopic (exact) mass is 268 g/mol. The average Bonchev–Trinajstić information content (AvgIpc) is 2.72. The van der Waals surface area contributed by atoms with Gasteiger partial charge in [-0.2, -0.15) is 11.8 Å². The Morgan fingerprint density at radius 1 is 0.722 bits per heavy atom. The highest BCUT2D eigenvalue weighted by molar-refractivity contribution is 7.99. The summed E-state index contributed by atoms with van der Waals surface area (Å²) in [4.78, 5) is 0. The van der Waals surface area contributed by atoms with Crippen molar-refractivity contribution in [2.24, 2.45) is 0 Å². The summed E-state index contributed by atoms with van der Waals surface area (Å²) in [5.41, 5.74) is 3.07. The third kappa shape index (κ3) is 1.33. The molecule has 0 saturated carbocycles. The van der Waals surface area contributed by atoms with E-state index in [1.165, 1.54) is 34.7 Å². The highest BCUT2D eigenvalue weighted by Gasteiger charge is 2.45. The standard InChI is InChI=1S/C16H16SSi/c1-3-7-15-13(5-1)14-6-2-4-8-16(14)18(15)11-9-17-10-12-18/h1-8H,9-12H2. The van der Waals surface area contributed by atoms with E-state index in [0.717, 1.165) is 0 Å². The van der Waals surface area contributed by atoms with E-state index in [9.17, 15) is 0 Å². The smallest absolute Gasteiger partial charge is 0.121 e. The molecule has 2 aromatic carbocycles. The zero-order valence-electron chi connectivity index (χ0n) is 10.4. The molecule has 2 heteroatoms. The second kappa shape index (κ2) is 4.00. The van der Waals surface area contributed by atoms with Gasteiger partial charge in [-0.15, -0.1) is 0 Å². The molecule has 1 saturated heterocycles. The maximum absolute atomic E-state index is 2.41. The zero-order valence-corrected chi connectivity index (χ0v) is 12.2. The van der Waals surface area contributed by atoms with Gasteiger partial charge in [0.1, 0.15) is 8.07 Å². The van der Waals surface area contributed by atoms with Gasteiger partial charge in [-0.25, -0.2) is 0 Å². The van der Waals surface area contributed by atoms with Crippen LogP contribution in [0.15, 0.2) is 48.5 Å². The van der Waals surface area contributed by atoms with Crippen molar-refractivity contribution in [3.05, 3.63) is 48.5 Å². The Labute approximate surface area is 113 Å². The molecule has 1 spiro atoms. The summed E-state index contributed by atoms with van der Waals surface area (Å²) in [5, 5.41) is 3.43. The first-order chi connectivity index (χ1) is 8.92. The lowest BCUT2D eigenvalue weighted by molar-refractivity contribution is 1.27. The molecule has 18 heavy (non-hydrogen) atoms.